The van der Waals surface area contributed by atoms with Gasteiger partial charge < -0.3 is 15.2 Å². The summed E-state index contributed by atoms with van der Waals surface area (Å²) in [6.45, 7) is 2.65. The van der Waals surface area contributed by atoms with Crippen LogP contribution in [0, 0.1) is 0 Å². The van der Waals surface area contributed by atoms with Crippen LogP contribution in [0.25, 0.3) is 0 Å². The number of nitrogens with two attached hydrogens (primary N) is 1. The van der Waals surface area contributed by atoms with Crippen molar-refractivity contribution in [3.63, 3.8) is 0 Å². The lowest BCUT2D eigenvalue weighted by molar-refractivity contribution is -0.144. The van der Waals surface area contributed by atoms with Gasteiger partial charge in [-0.05, 0) is 37.1 Å². The van der Waals surface area contributed by atoms with Crippen LogP contribution in [0.3, 0.4) is 0 Å². The molecule has 1 saturated heterocycles. The number of hydrogen-bond donors (Lipinski definition) is 1. The van der Waals surface area contributed by atoms with Crippen LogP contribution in [0.15, 0.2) is 29.2 Å². The van der Waals surface area contributed by atoms with Crippen molar-refractivity contribution < 1.29 is 22.7 Å². The van der Waals surface area contributed by atoms with Gasteiger partial charge in [0, 0.05) is 12.6 Å². The van der Waals surface area contributed by atoms with E-state index in [1.165, 1.54) is 19.2 Å². The lowest BCUT2D eigenvalue weighted by Gasteiger charge is -2.22. The molecule has 0 spiro atoms. The molecule has 0 amide bonds. The molecule has 1 aliphatic heterocycles. The fraction of sp³-hybridized carbons (Fsp3) is 0.533. The maximum atomic E-state index is 12.8. The van der Waals surface area contributed by atoms with Crippen LogP contribution in [-0.4, -0.2) is 51.0 Å². The summed E-state index contributed by atoms with van der Waals surface area (Å²) in [6, 6.07) is 4.88. The Bertz CT molecular complexity index is 644. The van der Waals surface area contributed by atoms with E-state index < -0.39 is 22.0 Å². The summed E-state index contributed by atoms with van der Waals surface area (Å²) in [4.78, 5) is 11.9. The molecule has 1 aromatic rings. The Morgan fingerprint density at radius 1 is 1.35 bits per heavy atom. The first-order chi connectivity index (χ1) is 10.9. The molecule has 7 nitrogen and oxygen atoms in total. The van der Waals surface area contributed by atoms with Crippen LogP contribution in [0.2, 0.25) is 0 Å². The summed E-state index contributed by atoms with van der Waals surface area (Å²) in [5.41, 5.74) is 5.83. The standard InChI is InChI=1S/C15H22N2O5S/c1-3-8-22-12-4-6-13(7-5-12)23(19,20)17-10-11(16)9-14(17)15(18)21-2/h4-7,11,14H,3,8-10,16H2,1-2H3/t11-,14+/m0/s1. The lowest BCUT2D eigenvalue weighted by Crippen LogP contribution is -2.41. The summed E-state index contributed by atoms with van der Waals surface area (Å²) in [5, 5.41) is 0. The van der Waals surface area contributed by atoms with E-state index in [9.17, 15) is 13.2 Å². The Labute approximate surface area is 136 Å². The van der Waals surface area contributed by atoms with Crippen LogP contribution < -0.4 is 10.5 Å². The molecule has 23 heavy (non-hydrogen) atoms. The van der Waals surface area contributed by atoms with Crippen molar-refractivity contribution in [2.24, 2.45) is 5.73 Å². The molecule has 1 fully saturated rings. The van der Waals surface area contributed by atoms with Gasteiger partial charge in [0.15, 0.2) is 0 Å². The second-order valence-electron chi connectivity index (χ2n) is 5.43. The van der Waals surface area contributed by atoms with E-state index in [0.29, 0.717) is 12.4 Å². The van der Waals surface area contributed by atoms with Gasteiger partial charge in [-0.2, -0.15) is 4.31 Å². The maximum absolute atomic E-state index is 12.8. The Morgan fingerprint density at radius 2 is 2.00 bits per heavy atom. The molecule has 0 bridgehead atoms. The quantitative estimate of drug-likeness (QED) is 0.766. The first-order valence-electron chi connectivity index (χ1n) is 7.48. The van der Waals surface area contributed by atoms with Crippen LogP contribution in [0.5, 0.6) is 5.75 Å². The first kappa shape index (κ1) is 17.7. The third-order valence-corrected chi connectivity index (χ3v) is 5.55. The van der Waals surface area contributed by atoms with E-state index in [4.69, 9.17) is 10.5 Å². The Hall–Kier alpha value is -1.64. The number of ether oxygens (including phenoxy) is 2. The largest absolute Gasteiger partial charge is 0.494 e. The Morgan fingerprint density at radius 3 is 2.57 bits per heavy atom. The van der Waals surface area contributed by atoms with E-state index in [2.05, 4.69) is 4.74 Å². The van der Waals surface area contributed by atoms with Gasteiger partial charge in [-0.15, -0.1) is 0 Å². The molecule has 0 aliphatic carbocycles. The normalized spacial score (nSPS) is 22.0. The molecular formula is C15H22N2O5S. The zero-order valence-corrected chi connectivity index (χ0v) is 14.1. The molecule has 2 rings (SSSR count). The molecule has 1 heterocycles. The molecule has 1 aliphatic rings. The summed E-state index contributed by atoms with van der Waals surface area (Å²) in [6.07, 6.45) is 1.12. The number of sulfonamides is 1. The molecule has 0 aromatic heterocycles. The van der Waals surface area contributed by atoms with Gasteiger partial charge in [-0.3, -0.25) is 4.79 Å². The summed E-state index contributed by atoms with van der Waals surface area (Å²) >= 11 is 0. The summed E-state index contributed by atoms with van der Waals surface area (Å²) in [7, 11) is -2.58. The monoisotopic (exact) mass is 342 g/mol. The molecule has 2 N–H and O–H groups in total. The molecule has 1 aromatic carbocycles. The third-order valence-electron chi connectivity index (χ3n) is 3.66. The first-order valence-corrected chi connectivity index (χ1v) is 8.92. The van der Waals surface area contributed by atoms with E-state index in [1.807, 2.05) is 6.92 Å². The minimum absolute atomic E-state index is 0.0934. The molecule has 0 radical (unpaired) electrons. The number of carbonyl (C=O) groups is 1. The van der Waals surface area contributed by atoms with Crippen molar-refractivity contribution in [1.82, 2.24) is 4.31 Å². The van der Waals surface area contributed by atoms with E-state index in [0.717, 1.165) is 10.7 Å². The fourth-order valence-corrected chi connectivity index (χ4v) is 4.16. The van der Waals surface area contributed by atoms with Gasteiger partial charge >= 0.3 is 5.97 Å². The molecule has 8 heteroatoms. The minimum Gasteiger partial charge on any atom is -0.494 e. The van der Waals surface area contributed by atoms with Gasteiger partial charge in [0.1, 0.15) is 11.8 Å². The molecular weight excluding hydrogens is 320 g/mol. The van der Waals surface area contributed by atoms with Crippen LogP contribution in [-0.2, 0) is 19.6 Å². The zero-order chi connectivity index (χ0) is 17.0. The van der Waals surface area contributed by atoms with E-state index in [-0.39, 0.29) is 23.9 Å². The van der Waals surface area contributed by atoms with E-state index in [1.54, 1.807) is 12.1 Å². The summed E-state index contributed by atoms with van der Waals surface area (Å²) in [5.74, 6) is 0.0119. The van der Waals surface area contributed by atoms with Crippen molar-refractivity contribution in [3.05, 3.63) is 24.3 Å². The van der Waals surface area contributed by atoms with Crippen LogP contribution in [0.1, 0.15) is 19.8 Å². The predicted molar refractivity (Wildman–Crippen MR) is 84.5 cm³/mol. The lowest BCUT2D eigenvalue weighted by atomic mass is 10.2. The number of rotatable bonds is 6. The second kappa shape index (κ2) is 7.29. The average Bonchev–Trinajstić information content (AvgIpc) is 2.95. The number of methoxy groups -OCH3 is 1. The predicted octanol–water partition coefficient (Wildman–Crippen LogP) is 0.739. The number of nitrogens with zero attached hydrogens (tertiary/aromatic N) is 1. The minimum atomic E-state index is -3.82. The van der Waals surface area contributed by atoms with Crippen molar-refractivity contribution in [3.8, 4) is 5.75 Å². The van der Waals surface area contributed by atoms with Crippen LogP contribution >= 0.6 is 0 Å². The fourth-order valence-electron chi connectivity index (χ4n) is 2.52. The van der Waals surface area contributed by atoms with Crippen molar-refractivity contribution >= 4 is 16.0 Å². The van der Waals surface area contributed by atoms with Crippen molar-refractivity contribution in [2.75, 3.05) is 20.3 Å². The molecule has 0 saturated carbocycles. The molecule has 0 unspecified atom stereocenters. The highest BCUT2D eigenvalue weighted by atomic mass is 32.2. The third kappa shape index (κ3) is 3.82. The second-order valence-corrected chi connectivity index (χ2v) is 7.32. The van der Waals surface area contributed by atoms with Crippen molar-refractivity contribution in [1.29, 1.82) is 0 Å². The highest BCUT2D eigenvalue weighted by molar-refractivity contribution is 7.89. The summed E-state index contributed by atoms with van der Waals surface area (Å²) < 4.78 is 36.8. The molecule has 128 valence electrons. The molecule has 2 atom stereocenters. The van der Waals surface area contributed by atoms with E-state index >= 15 is 0 Å². The topological polar surface area (TPSA) is 98.9 Å². The van der Waals surface area contributed by atoms with Crippen molar-refractivity contribution in [2.45, 2.75) is 36.7 Å². The maximum Gasteiger partial charge on any atom is 0.324 e. The van der Waals surface area contributed by atoms with Gasteiger partial charge in [0.05, 0.1) is 18.6 Å². The highest BCUT2D eigenvalue weighted by Crippen LogP contribution is 2.27. The zero-order valence-electron chi connectivity index (χ0n) is 13.3. The van der Waals surface area contributed by atoms with Gasteiger partial charge in [-0.25, -0.2) is 8.42 Å². The number of hydrogen-bond acceptors (Lipinski definition) is 6. The van der Waals surface area contributed by atoms with Gasteiger partial charge in [0.2, 0.25) is 10.0 Å². The van der Waals surface area contributed by atoms with Gasteiger partial charge in [-0.1, -0.05) is 6.92 Å². The number of carbonyl (C=O) groups excluding carboxylic acids is 1. The van der Waals surface area contributed by atoms with Gasteiger partial charge in [0.25, 0.3) is 0 Å². The average molecular weight is 342 g/mol. The van der Waals surface area contributed by atoms with Crippen LogP contribution in [0.4, 0.5) is 0 Å². The highest BCUT2D eigenvalue weighted by Gasteiger charge is 2.43. The SMILES string of the molecule is CCCOc1ccc(S(=O)(=O)N2C[C@@H](N)C[C@@H]2C(=O)OC)cc1. The number of esters is 1. The Balaban J connectivity index is 2.24. The number of benzene rings is 1. The Kier molecular flexibility index (Phi) is 5.61. The smallest absolute Gasteiger partial charge is 0.324 e.